The predicted octanol–water partition coefficient (Wildman–Crippen LogP) is 0.578. The summed E-state index contributed by atoms with van der Waals surface area (Å²) >= 11 is 0. The fraction of sp³-hybridized carbons (Fsp3) is 0.438. The number of hydrogen-bond donors (Lipinski definition) is 1. The molecular weight excluding hydrogens is 300 g/mol. The van der Waals surface area contributed by atoms with E-state index in [1.807, 2.05) is 13.8 Å². The summed E-state index contributed by atoms with van der Waals surface area (Å²) in [6.07, 6.45) is -0.0838. The number of morpholine rings is 1. The maximum Gasteiger partial charge on any atom is 0.338 e. The quantitative estimate of drug-likeness (QED) is 0.818. The average Bonchev–Trinajstić information content (AvgIpc) is 2.51. The molecule has 2 unspecified atom stereocenters. The van der Waals surface area contributed by atoms with Crippen molar-refractivity contribution in [2.75, 3.05) is 19.7 Å². The van der Waals surface area contributed by atoms with Crippen molar-refractivity contribution in [1.82, 2.24) is 4.90 Å². The molecule has 1 fully saturated rings. The Bertz CT molecular complexity index is 589. The summed E-state index contributed by atoms with van der Waals surface area (Å²) in [4.78, 5) is 36.6. The molecule has 0 bridgehead atoms. The number of nitrogens with two attached hydrogens (primary N) is 1. The van der Waals surface area contributed by atoms with Crippen LogP contribution in [0.4, 0.5) is 0 Å². The Balaban J connectivity index is 1.88. The van der Waals surface area contributed by atoms with Crippen LogP contribution in [0.5, 0.6) is 0 Å². The first kappa shape index (κ1) is 17.0. The van der Waals surface area contributed by atoms with Crippen molar-refractivity contribution in [3.63, 3.8) is 0 Å². The Morgan fingerprint density at radius 2 is 1.65 bits per heavy atom. The first-order valence-electron chi connectivity index (χ1n) is 7.37. The summed E-state index contributed by atoms with van der Waals surface area (Å²) in [5.74, 6) is -1.45. The Kier molecular flexibility index (Phi) is 5.33. The monoisotopic (exact) mass is 320 g/mol. The van der Waals surface area contributed by atoms with Crippen LogP contribution in [0.1, 0.15) is 34.6 Å². The predicted molar refractivity (Wildman–Crippen MR) is 81.8 cm³/mol. The normalized spacial score (nSPS) is 20.9. The Labute approximate surface area is 134 Å². The number of ether oxygens (including phenoxy) is 2. The third kappa shape index (κ3) is 4.53. The molecule has 2 N–H and O–H groups in total. The zero-order chi connectivity index (χ0) is 17.0. The summed E-state index contributed by atoms with van der Waals surface area (Å²) in [5, 5.41) is 0. The average molecular weight is 320 g/mol. The van der Waals surface area contributed by atoms with Crippen molar-refractivity contribution in [3.05, 3.63) is 35.4 Å². The largest absolute Gasteiger partial charge is 0.452 e. The molecule has 0 aliphatic carbocycles. The van der Waals surface area contributed by atoms with Gasteiger partial charge < -0.3 is 20.1 Å². The molecule has 0 saturated carbocycles. The molecule has 1 aromatic rings. The number of rotatable bonds is 4. The molecule has 1 heterocycles. The number of nitrogens with zero attached hydrogens (tertiary/aromatic N) is 1. The SMILES string of the molecule is CC1CN(C(=O)COC(=O)c2ccc(C(N)=O)cc2)CC(C)O1. The van der Waals surface area contributed by atoms with Crippen molar-refractivity contribution in [3.8, 4) is 0 Å². The van der Waals surface area contributed by atoms with E-state index < -0.39 is 11.9 Å². The second-order valence-corrected chi connectivity index (χ2v) is 5.57. The topological polar surface area (TPSA) is 98.9 Å². The van der Waals surface area contributed by atoms with Gasteiger partial charge in [-0.15, -0.1) is 0 Å². The lowest BCUT2D eigenvalue weighted by atomic mass is 10.1. The molecule has 1 aromatic carbocycles. The minimum Gasteiger partial charge on any atom is -0.452 e. The molecule has 0 aromatic heterocycles. The van der Waals surface area contributed by atoms with Crippen molar-refractivity contribution >= 4 is 17.8 Å². The van der Waals surface area contributed by atoms with E-state index in [4.69, 9.17) is 15.2 Å². The van der Waals surface area contributed by atoms with Gasteiger partial charge in [-0.05, 0) is 38.1 Å². The molecule has 1 aliphatic rings. The second kappa shape index (κ2) is 7.23. The van der Waals surface area contributed by atoms with Crippen LogP contribution in [0.15, 0.2) is 24.3 Å². The van der Waals surface area contributed by atoms with Crippen LogP contribution < -0.4 is 5.73 Å². The lowest BCUT2D eigenvalue weighted by Gasteiger charge is -2.35. The molecule has 2 rings (SSSR count). The van der Waals surface area contributed by atoms with Gasteiger partial charge in [-0.1, -0.05) is 0 Å². The summed E-state index contributed by atoms with van der Waals surface area (Å²) in [6.45, 7) is 4.42. The number of benzene rings is 1. The molecular formula is C16H20N2O5. The highest BCUT2D eigenvalue weighted by Gasteiger charge is 2.26. The van der Waals surface area contributed by atoms with E-state index in [1.54, 1.807) is 4.90 Å². The van der Waals surface area contributed by atoms with Crippen molar-refractivity contribution in [1.29, 1.82) is 0 Å². The van der Waals surface area contributed by atoms with E-state index in [1.165, 1.54) is 24.3 Å². The number of amides is 2. The number of hydrogen-bond acceptors (Lipinski definition) is 5. The van der Waals surface area contributed by atoms with Crippen LogP contribution in [0.2, 0.25) is 0 Å². The molecule has 1 saturated heterocycles. The Hall–Kier alpha value is -2.41. The molecule has 7 nitrogen and oxygen atoms in total. The van der Waals surface area contributed by atoms with Gasteiger partial charge in [-0.2, -0.15) is 0 Å². The lowest BCUT2D eigenvalue weighted by Crippen LogP contribution is -2.49. The number of carbonyl (C=O) groups excluding carboxylic acids is 3. The highest BCUT2D eigenvalue weighted by atomic mass is 16.5. The zero-order valence-electron chi connectivity index (χ0n) is 13.2. The van der Waals surface area contributed by atoms with Gasteiger partial charge in [-0.25, -0.2) is 4.79 Å². The van der Waals surface area contributed by atoms with E-state index >= 15 is 0 Å². The first-order chi connectivity index (χ1) is 10.9. The maximum atomic E-state index is 12.1. The molecule has 0 spiro atoms. The van der Waals surface area contributed by atoms with E-state index in [0.29, 0.717) is 18.7 Å². The van der Waals surface area contributed by atoms with Gasteiger partial charge in [-0.3, -0.25) is 9.59 Å². The van der Waals surface area contributed by atoms with Crippen LogP contribution in [-0.2, 0) is 14.3 Å². The van der Waals surface area contributed by atoms with Crippen molar-refractivity contribution in [2.24, 2.45) is 5.73 Å². The molecule has 23 heavy (non-hydrogen) atoms. The third-order valence-corrected chi connectivity index (χ3v) is 3.50. The minimum absolute atomic E-state index is 0.0419. The van der Waals surface area contributed by atoms with Crippen molar-refractivity contribution < 1.29 is 23.9 Å². The van der Waals surface area contributed by atoms with Gasteiger partial charge >= 0.3 is 5.97 Å². The first-order valence-corrected chi connectivity index (χ1v) is 7.37. The molecule has 2 atom stereocenters. The van der Waals surface area contributed by atoms with E-state index in [9.17, 15) is 14.4 Å². The highest BCUT2D eigenvalue weighted by molar-refractivity contribution is 5.95. The van der Waals surface area contributed by atoms with E-state index in [2.05, 4.69) is 0 Å². The van der Waals surface area contributed by atoms with Gasteiger partial charge in [0.25, 0.3) is 5.91 Å². The zero-order valence-corrected chi connectivity index (χ0v) is 13.2. The third-order valence-electron chi connectivity index (χ3n) is 3.50. The van der Waals surface area contributed by atoms with Crippen LogP contribution in [0.25, 0.3) is 0 Å². The van der Waals surface area contributed by atoms with Gasteiger partial charge in [0.15, 0.2) is 6.61 Å². The number of primary amides is 1. The van der Waals surface area contributed by atoms with Crippen LogP contribution >= 0.6 is 0 Å². The summed E-state index contributed by atoms with van der Waals surface area (Å²) < 4.78 is 10.6. The Morgan fingerprint density at radius 3 is 2.17 bits per heavy atom. The Morgan fingerprint density at radius 1 is 1.13 bits per heavy atom. The highest BCUT2D eigenvalue weighted by Crippen LogP contribution is 2.11. The summed E-state index contributed by atoms with van der Waals surface area (Å²) in [6, 6.07) is 5.75. The lowest BCUT2D eigenvalue weighted by molar-refractivity contribution is -0.146. The number of esters is 1. The van der Waals surface area contributed by atoms with Crippen molar-refractivity contribution in [2.45, 2.75) is 26.1 Å². The fourth-order valence-corrected chi connectivity index (χ4v) is 2.45. The summed E-state index contributed by atoms with van der Waals surface area (Å²) in [7, 11) is 0. The summed E-state index contributed by atoms with van der Waals surface area (Å²) in [5.41, 5.74) is 5.68. The molecule has 0 radical (unpaired) electrons. The van der Waals surface area contributed by atoms with Gasteiger partial charge in [0.2, 0.25) is 5.91 Å². The van der Waals surface area contributed by atoms with Gasteiger partial charge in [0.05, 0.1) is 17.8 Å². The molecule has 7 heteroatoms. The standard InChI is InChI=1S/C16H20N2O5/c1-10-7-18(8-11(2)23-10)14(19)9-22-16(21)13-5-3-12(4-6-13)15(17)20/h3-6,10-11H,7-9H2,1-2H3,(H2,17,20). The molecule has 1 aliphatic heterocycles. The van der Waals surface area contributed by atoms with Gasteiger partial charge in [0.1, 0.15) is 0 Å². The molecule has 2 amide bonds. The van der Waals surface area contributed by atoms with Crippen LogP contribution in [0.3, 0.4) is 0 Å². The second-order valence-electron chi connectivity index (χ2n) is 5.57. The van der Waals surface area contributed by atoms with E-state index in [-0.39, 0.29) is 30.3 Å². The number of carbonyl (C=O) groups is 3. The van der Waals surface area contributed by atoms with E-state index in [0.717, 1.165) is 0 Å². The molecule has 124 valence electrons. The van der Waals surface area contributed by atoms with Gasteiger partial charge in [0, 0.05) is 18.7 Å². The van der Waals surface area contributed by atoms with Crippen LogP contribution in [0, 0.1) is 0 Å². The fourth-order valence-electron chi connectivity index (χ4n) is 2.45. The minimum atomic E-state index is -0.622. The van der Waals surface area contributed by atoms with Crippen LogP contribution in [-0.4, -0.2) is 54.6 Å². The maximum absolute atomic E-state index is 12.1. The smallest absolute Gasteiger partial charge is 0.338 e.